The Bertz CT molecular complexity index is 1430. The van der Waals surface area contributed by atoms with Crippen molar-refractivity contribution in [3.8, 4) is 0 Å². The number of carbonyl (C=O) groups is 6. The van der Waals surface area contributed by atoms with Crippen molar-refractivity contribution in [1.82, 2.24) is 0 Å². The van der Waals surface area contributed by atoms with E-state index < -0.39 is 24.1 Å². The number of hydrogen-bond donors (Lipinski definition) is 2. The van der Waals surface area contributed by atoms with E-state index in [4.69, 9.17) is 28.8 Å². The average molecular weight is 1400 g/mol. The molecule has 15 heteroatoms. The van der Waals surface area contributed by atoms with Gasteiger partial charge in [-0.2, -0.15) is 0 Å². The summed E-state index contributed by atoms with van der Waals surface area (Å²) in [6.07, 6.45) is 65.4. The normalized spacial score (nSPS) is 11.0. The average Bonchev–Trinajstić information content (AvgIpc) is 3.57. The van der Waals surface area contributed by atoms with Crippen molar-refractivity contribution in [2.75, 3.05) is 37.1 Å². The summed E-state index contributed by atoms with van der Waals surface area (Å²) in [5.74, 6) is -2.46. The molecule has 0 fully saturated rings. The van der Waals surface area contributed by atoms with Gasteiger partial charge in [0.2, 0.25) is 0 Å². The summed E-state index contributed by atoms with van der Waals surface area (Å²) in [6, 6.07) is 0. The van der Waals surface area contributed by atoms with E-state index in [1.807, 2.05) is 0 Å². The molecule has 0 amide bonds. The molecule has 0 atom stereocenters. The molecule has 0 bridgehead atoms. The summed E-state index contributed by atoms with van der Waals surface area (Å²) in [7, 11) is 0. The number of aliphatic hydroxyl groups excluding tert-OH is 1. The number of carboxylic acids is 1. The number of ether oxygens (including phenoxy) is 5. The molecule has 13 nitrogen and oxygen atoms in total. The topological polar surface area (TPSA) is 189 Å². The van der Waals surface area contributed by atoms with E-state index >= 15 is 0 Å². The molecule has 0 aromatic heterocycles. The number of hydrogen-bond acceptors (Lipinski definition) is 12. The Morgan fingerprint density at radius 1 is 0.270 bits per heavy atom. The standard InChI is InChI=1S/C37H69BrO6.C35H68O5.C2H3BrO2/c1-3-5-7-9-11-13-15-17-19-21-23-25-27-29-35(39)42-32-34(44-37(41)31-38)33-43-36(40)30-28-26-24-22-20-18-16-14-12-10-8-6-4-2;1-3-5-7-9-11-13-15-17-19-21-23-25-27-29-34(37)39-31-33(36)32-40-35(38)30-28-26-24-22-20-18-16-14-12-10-8-6-4-2;3-1-2(4)5/h34H,3-33H2,1-2H3;33,36H,3-32H2,1-2H3;1H2,(H,4,5). The molecule has 0 saturated heterocycles. The summed E-state index contributed by atoms with van der Waals surface area (Å²) in [5, 5.41) is 17.7. The number of rotatable bonds is 67. The second kappa shape index (κ2) is 78.2. The van der Waals surface area contributed by atoms with Gasteiger partial charge >= 0.3 is 35.8 Å². The molecule has 0 saturated carbocycles. The Morgan fingerprint density at radius 2 is 0.438 bits per heavy atom. The first-order valence-corrected chi connectivity index (χ1v) is 39.5. The van der Waals surface area contributed by atoms with Crippen molar-refractivity contribution in [3.63, 3.8) is 0 Å². The monoisotopic (exact) mass is 1390 g/mol. The third-order valence-electron chi connectivity index (χ3n) is 16.2. The molecule has 0 aromatic rings. The van der Waals surface area contributed by atoms with E-state index in [1.54, 1.807) is 0 Å². The van der Waals surface area contributed by atoms with E-state index in [0.29, 0.717) is 25.7 Å². The number of alkyl halides is 2. The fourth-order valence-corrected chi connectivity index (χ4v) is 10.7. The van der Waals surface area contributed by atoms with Gasteiger partial charge in [-0.1, -0.05) is 368 Å². The highest BCUT2D eigenvalue weighted by atomic mass is 79.9. The van der Waals surface area contributed by atoms with Gasteiger partial charge in [0.25, 0.3) is 0 Å². The first kappa shape index (κ1) is 90.9. The molecule has 0 radical (unpaired) electrons. The second-order valence-corrected chi connectivity index (χ2v) is 26.3. The number of carbonyl (C=O) groups excluding carboxylic acids is 5. The lowest BCUT2D eigenvalue weighted by Gasteiger charge is -2.17. The molecule has 528 valence electrons. The zero-order chi connectivity index (χ0) is 66.0. The molecule has 0 aliphatic carbocycles. The highest BCUT2D eigenvalue weighted by Gasteiger charge is 2.19. The maximum absolute atomic E-state index is 12.2. The van der Waals surface area contributed by atoms with Crippen molar-refractivity contribution in [2.45, 2.75) is 399 Å². The first-order valence-electron chi connectivity index (χ1n) is 37.2. The minimum Gasteiger partial charge on any atom is -0.481 e. The van der Waals surface area contributed by atoms with Crippen LogP contribution < -0.4 is 0 Å². The van der Waals surface area contributed by atoms with Crippen molar-refractivity contribution in [1.29, 1.82) is 0 Å². The predicted octanol–water partition coefficient (Wildman–Crippen LogP) is 22.2. The number of aliphatic hydroxyl groups is 1. The highest BCUT2D eigenvalue weighted by molar-refractivity contribution is 9.09. The lowest BCUT2D eigenvalue weighted by Crippen LogP contribution is -2.31. The molecule has 0 heterocycles. The minimum absolute atomic E-state index is 0.0311. The lowest BCUT2D eigenvalue weighted by atomic mass is 10.0. The Labute approximate surface area is 563 Å². The minimum atomic E-state index is -0.953. The number of unbranched alkanes of at least 4 members (excludes halogenated alkanes) is 48. The van der Waals surface area contributed by atoms with Crippen molar-refractivity contribution < 1.29 is 62.7 Å². The molecule has 0 aliphatic rings. The van der Waals surface area contributed by atoms with Crippen molar-refractivity contribution in [2.24, 2.45) is 0 Å². The molecule has 0 spiro atoms. The largest absolute Gasteiger partial charge is 0.481 e. The van der Waals surface area contributed by atoms with Gasteiger partial charge in [-0.25, -0.2) is 0 Å². The van der Waals surface area contributed by atoms with E-state index in [0.717, 1.165) is 64.2 Å². The summed E-state index contributed by atoms with van der Waals surface area (Å²) >= 11 is 5.79. The van der Waals surface area contributed by atoms with Crippen LogP contribution in [0.2, 0.25) is 0 Å². The quantitative estimate of drug-likeness (QED) is 0.0253. The van der Waals surface area contributed by atoms with Gasteiger partial charge in [-0.15, -0.1) is 0 Å². The fraction of sp³-hybridized carbons (Fsp3) is 0.919. The van der Waals surface area contributed by atoms with E-state index in [-0.39, 0.29) is 61.0 Å². The van der Waals surface area contributed by atoms with E-state index in [9.17, 15) is 33.9 Å². The van der Waals surface area contributed by atoms with Crippen LogP contribution in [0, 0.1) is 0 Å². The smallest absolute Gasteiger partial charge is 0.317 e. The third-order valence-corrected chi connectivity index (χ3v) is 17.1. The molecule has 0 rings (SSSR count). The van der Waals surface area contributed by atoms with Gasteiger partial charge in [0.15, 0.2) is 6.10 Å². The lowest BCUT2D eigenvalue weighted by molar-refractivity contribution is -0.165. The van der Waals surface area contributed by atoms with Crippen LogP contribution in [0.15, 0.2) is 0 Å². The van der Waals surface area contributed by atoms with Gasteiger partial charge in [0.1, 0.15) is 43.2 Å². The van der Waals surface area contributed by atoms with Crippen LogP contribution in [-0.4, -0.2) is 95.3 Å². The SMILES string of the molecule is CCCCCCCCCCCCCCCC(=O)OCC(COC(=O)CCCCCCCCCCCCCCC)OC(=O)CBr.CCCCCCCCCCCCCCCC(=O)OCC(O)COC(=O)CCCCCCCCCCCCCCC.O=C(O)CBr. The predicted molar refractivity (Wildman–Crippen MR) is 376 cm³/mol. The Hall–Kier alpha value is -2.26. The molecule has 2 N–H and O–H groups in total. The van der Waals surface area contributed by atoms with Gasteiger partial charge in [0.05, 0.1) is 0 Å². The maximum atomic E-state index is 12.2. The van der Waals surface area contributed by atoms with Crippen LogP contribution in [0.3, 0.4) is 0 Å². The van der Waals surface area contributed by atoms with Gasteiger partial charge in [-0.3, -0.25) is 28.8 Å². The van der Waals surface area contributed by atoms with Crippen LogP contribution in [0.5, 0.6) is 0 Å². The molecule has 0 aliphatic heterocycles. The van der Waals surface area contributed by atoms with Crippen LogP contribution in [0.4, 0.5) is 0 Å². The van der Waals surface area contributed by atoms with Crippen molar-refractivity contribution >= 4 is 67.7 Å². The summed E-state index contributed by atoms with van der Waals surface area (Å²) in [6.45, 7) is 8.63. The van der Waals surface area contributed by atoms with E-state index in [2.05, 4.69) is 59.6 Å². The highest BCUT2D eigenvalue weighted by Crippen LogP contribution is 2.18. The molecule has 0 unspecified atom stereocenters. The van der Waals surface area contributed by atoms with Gasteiger partial charge < -0.3 is 33.9 Å². The van der Waals surface area contributed by atoms with Gasteiger partial charge in [-0.05, 0) is 25.7 Å². The Balaban J connectivity index is -0.00000155. The fourth-order valence-electron chi connectivity index (χ4n) is 10.6. The molecular formula is C74H140Br2O13. The third kappa shape index (κ3) is 81.8. The first-order chi connectivity index (χ1) is 43.4. The van der Waals surface area contributed by atoms with Crippen LogP contribution in [-0.2, 0) is 52.5 Å². The summed E-state index contributed by atoms with van der Waals surface area (Å²) < 4.78 is 26.3. The number of carboxylic acid groups (broad SMARTS) is 1. The number of aliphatic carboxylic acids is 1. The molecular weight excluding hydrogens is 1260 g/mol. The Morgan fingerprint density at radius 3 is 0.607 bits per heavy atom. The van der Waals surface area contributed by atoms with Gasteiger partial charge in [0, 0.05) is 25.7 Å². The Kier molecular flexibility index (Phi) is 79.9. The zero-order valence-electron chi connectivity index (χ0n) is 58.1. The number of esters is 5. The van der Waals surface area contributed by atoms with Crippen LogP contribution in [0.25, 0.3) is 0 Å². The van der Waals surface area contributed by atoms with Crippen LogP contribution >= 0.6 is 31.9 Å². The van der Waals surface area contributed by atoms with Crippen molar-refractivity contribution in [3.05, 3.63) is 0 Å². The summed E-state index contributed by atoms with van der Waals surface area (Å²) in [5.41, 5.74) is 0. The summed E-state index contributed by atoms with van der Waals surface area (Å²) in [4.78, 5) is 69.3. The molecule has 89 heavy (non-hydrogen) atoms. The van der Waals surface area contributed by atoms with E-state index in [1.165, 1.54) is 270 Å². The molecule has 0 aromatic carbocycles. The maximum Gasteiger partial charge on any atom is 0.317 e. The zero-order valence-corrected chi connectivity index (χ0v) is 61.3. The second-order valence-electron chi connectivity index (χ2n) is 25.1. The number of halogens is 2. The van der Waals surface area contributed by atoms with Crippen LogP contribution in [0.1, 0.15) is 387 Å².